The van der Waals surface area contributed by atoms with Crippen molar-refractivity contribution in [1.82, 2.24) is 20.1 Å². The summed E-state index contributed by atoms with van der Waals surface area (Å²) in [5, 5.41) is 20.0. The topological polar surface area (TPSA) is 75.8 Å². The molecule has 1 aromatic heterocycles. The fraction of sp³-hybridized carbons (Fsp3) is 0.400. The van der Waals surface area contributed by atoms with Gasteiger partial charge < -0.3 is 14.6 Å². The van der Waals surface area contributed by atoms with E-state index in [1.54, 1.807) is 6.33 Å². The molecule has 2 atom stereocenters. The summed E-state index contributed by atoms with van der Waals surface area (Å²) in [4.78, 5) is 0. The van der Waals surface area contributed by atoms with Crippen LogP contribution in [0.15, 0.2) is 30.6 Å². The van der Waals surface area contributed by atoms with Crippen LogP contribution >= 0.6 is 0 Å². The molecule has 0 aliphatic carbocycles. The number of aromatic nitrogens is 3. The van der Waals surface area contributed by atoms with Crippen molar-refractivity contribution >= 4 is 0 Å². The molecule has 0 saturated heterocycles. The van der Waals surface area contributed by atoms with Crippen LogP contribution in [0.2, 0.25) is 0 Å². The molecule has 21 heavy (non-hydrogen) atoms. The molecule has 110 valence electrons. The number of hydrogen-bond acceptors (Lipinski definition) is 5. The highest BCUT2D eigenvalue weighted by atomic mass is 16.5. The molecule has 0 saturated carbocycles. The predicted octanol–water partition coefficient (Wildman–Crippen LogP) is 2.13. The Balaban J connectivity index is 1.98. The van der Waals surface area contributed by atoms with Crippen LogP contribution in [-0.2, 0) is 7.05 Å². The van der Waals surface area contributed by atoms with Gasteiger partial charge in [-0.1, -0.05) is 12.1 Å². The zero-order valence-corrected chi connectivity index (χ0v) is 12.4. The van der Waals surface area contributed by atoms with E-state index in [0.29, 0.717) is 5.75 Å². The van der Waals surface area contributed by atoms with E-state index in [2.05, 4.69) is 29.4 Å². The van der Waals surface area contributed by atoms with Crippen LogP contribution < -0.4 is 10.1 Å². The highest BCUT2D eigenvalue weighted by Crippen LogP contribution is 2.20. The van der Waals surface area contributed by atoms with Crippen molar-refractivity contribution in [3.63, 3.8) is 0 Å². The van der Waals surface area contributed by atoms with E-state index in [9.17, 15) is 0 Å². The Bertz CT molecular complexity index is 614. The smallest absolute Gasteiger partial charge is 0.174 e. The lowest BCUT2D eigenvalue weighted by Gasteiger charge is -2.20. The van der Waals surface area contributed by atoms with Gasteiger partial charge in [-0.2, -0.15) is 5.26 Å². The van der Waals surface area contributed by atoms with Crippen LogP contribution in [0.25, 0.3) is 0 Å². The SMILES string of the molecule is CC(NC(C)c1nncn1C)c1ccc(OCC#N)cc1. The lowest BCUT2D eigenvalue weighted by molar-refractivity contribution is 0.367. The van der Waals surface area contributed by atoms with Crippen molar-refractivity contribution in [3.05, 3.63) is 42.0 Å². The van der Waals surface area contributed by atoms with E-state index in [1.807, 2.05) is 41.9 Å². The minimum Gasteiger partial charge on any atom is -0.479 e. The number of benzene rings is 1. The molecule has 6 heteroatoms. The Hall–Kier alpha value is -2.39. The maximum Gasteiger partial charge on any atom is 0.174 e. The zero-order valence-electron chi connectivity index (χ0n) is 12.4. The van der Waals surface area contributed by atoms with Crippen molar-refractivity contribution in [2.75, 3.05) is 6.61 Å². The first kappa shape index (κ1) is 15.0. The molecule has 6 nitrogen and oxygen atoms in total. The Morgan fingerprint density at radius 3 is 2.57 bits per heavy atom. The summed E-state index contributed by atoms with van der Waals surface area (Å²) in [5.74, 6) is 1.60. The van der Waals surface area contributed by atoms with Gasteiger partial charge in [0.1, 0.15) is 24.0 Å². The maximum atomic E-state index is 8.48. The van der Waals surface area contributed by atoms with Gasteiger partial charge in [-0.3, -0.25) is 0 Å². The minimum absolute atomic E-state index is 0.0658. The third-order valence-corrected chi connectivity index (χ3v) is 3.32. The summed E-state index contributed by atoms with van der Waals surface area (Å²) in [5.41, 5.74) is 1.15. The fourth-order valence-electron chi connectivity index (χ4n) is 2.20. The summed E-state index contributed by atoms with van der Waals surface area (Å²) in [7, 11) is 1.93. The van der Waals surface area contributed by atoms with E-state index >= 15 is 0 Å². The average Bonchev–Trinajstić information content (AvgIpc) is 2.91. The molecule has 0 fully saturated rings. The van der Waals surface area contributed by atoms with Gasteiger partial charge in [-0.25, -0.2) is 0 Å². The molecule has 1 N–H and O–H groups in total. The van der Waals surface area contributed by atoms with E-state index in [1.165, 1.54) is 0 Å². The molecule has 0 aliphatic heterocycles. The Morgan fingerprint density at radius 1 is 1.29 bits per heavy atom. The third-order valence-electron chi connectivity index (χ3n) is 3.32. The minimum atomic E-state index is 0.0658. The second kappa shape index (κ2) is 6.86. The number of rotatable bonds is 6. The molecule has 0 aliphatic rings. The molecule has 0 bridgehead atoms. The first-order chi connectivity index (χ1) is 10.1. The Labute approximate surface area is 124 Å². The fourth-order valence-corrected chi connectivity index (χ4v) is 2.20. The van der Waals surface area contributed by atoms with Gasteiger partial charge >= 0.3 is 0 Å². The highest BCUT2D eigenvalue weighted by molar-refractivity contribution is 5.29. The molecular formula is C15H19N5O. The predicted molar refractivity (Wildman–Crippen MR) is 78.5 cm³/mol. The van der Waals surface area contributed by atoms with Crippen molar-refractivity contribution in [3.8, 4) is 11.8 Å². The number of aryl methyl sites for hydroxylation is 1. The summed E-state index contributed by atoms with van der Waals surface area (Å²) < 4.78 is 7.15. The quantitative estimate of drug-likeness (QED) is 0.880. The van der Waals surface area contributed by atoms with Gasteiger partial charge in [0.05, 0.1) is 6.04 Å². The van der Waals surface area contributed by atoms with Crippen molar-refractivity contribution in [2.24, 2.45) is 7.05 Å². The molecule has 0 spiro atoms. The number of ether oxygens (including phenoxy) is 1. The first-order valence-corrected chi connectivity index (χ1v) is 6.81. The number of hydrogen-bond donors (Lipinski definition) is 1. The maximum absolute atomic E-state index is 8.48. The molecule has 1 aromatic carbocycles. The summed E-state index contributed by atoms with van der Waals surface area (Å²) >= 11 is 0. The Morgan fingerprint density at radius 2 is 2.00 bits per heavy atom. The van der Waals surface area contributed by atoms with E-state index in [-0.39, 0.29) is 18.7 Å². The molecule has 2 rings (SSSR count). The normalized spacial score (nSPS) is 13.4. The zero-order chi connectivity index (χ0) is 15.2. The summed E-state index contributed by atoms with van der Waals surface area (Å²) in [6.07, 6.45) is 1.69. The van der Waals surface area contributed by atoms with E-state index < -0.39 is 0 Å². The van der Waals surface area contributed by atoms with Crippen molar-refractivity contribution < 1.29 is 4.74 Å². The van der Waals surface area contributed by atoms with Crippen LogP contribution in [0, 0.1) is 11.3 Å². The molecule has 0 amide bonds. The van der Waals surface area contributed by atoms with E-state index in [4.69, 9.17) is 10.00 Å². The number of nitrogens with zero attached hydrogens (tertiary/aromatic N) is 4. The second-order valence-electron chi connectivity index (χ2n) is 4.93. The summed E-state index contributed by atoms with van der Waals surface area (Å²) in [6, 6.07) is 9.95. The van der Waals surface area contributed by atoms with Gasteiger partial charge in [0.25, 0.3) is 0 Å². The lowest BCUT2D eigenvalue weighted by atomic mass is 10.1. The Kier molecular flexibility index (Phi) is 4.90. The monoisotopic (exact) mass is 285 g/mol. The molecule has 2 aromatic rings. The van der Waals surface area contributed by atoms with Gasteiger partial charge in [-0.05, 0) is 31.5 Å². The van der Waals surface area contributed by atoms with Crippen molar-refractivity contribution in [2.45, 2.75) is 25.9 Å². The number of nitrogens with one attached hydrogen (secondary N) is 1. The third kappa shape index (κ3) is 3.80. The van der Waals surface area contributed by atoms with Crippen molar-refractivity contribution in [1.29, 1.82) is 5.26 Å². The van der Waals surface area contributed by atoms with Gasteiger partial charge in [-0.15, -0.1) is 10.2 Å². The average molecular weight is 285 g/mol. The van der Waals surface area contributed by atoms with Crippen LogP contribution in [-0.4, -0.2) is 21.4 Å². The van der Waals surface area contributed by atoms with Gasteiger partial charge in [0.15, 0.2) is 6.61 Å². The lowest BCUT2D eigenvalue weighted by Crippen LogP contribution is -2.24. The van der Waals surface area contributed by atoms with Crippen LogP contribution in [0.5, 0.6) is 5.75 Å². The van der Waals surface area contributed by atoms with Crippen LogP contribution in [0.3, 0.4) is 0 Å². The summed E-state index contributed by atoms with van der Waals surface area (Å²) in [6.45, 7) is 4.22. The molecule has 2 unspecified atom stereocenters. The number of nitriles is 1. The molecular weight excluding hydrogens is 266 g/mol. The van der Waals surface area contributed by atoms with Crippen LogP contribution in [0.1, 0.15) is 37.3 Å². The largest absolute Gasteiger partial charge is 0.479 e. The molecule has 0 radical (unpaired) electrons. The van der Waals surface area contributed by atoms with Gasteiger partial charge in [0.2, 0.25) is 0 Å². The van der Waals surface area contributed by atoms with Crippen LogP contribution in [0.4, 0.5) is 0 Å². The highest BCUT2D eigenvalue weighted by Gasteiger charge is 2.15. The first-order valence-electron chi connectivity index (χ1n) is 6.81. The standard InChI is InChI=1S/C15H19N5O/c1-11(18-12(2)15-19-17-10-20(15)3)13-4-6-14(7-5-13)21-9-8-16/h4-7,10-12,18H,9H2,1-3H3. The second-order valence-corrected chi connectivity index (χ2v) is 4.93. The van der Waals surface area contributed by atoms with E-state index in [0.717, 1.165) is 11.4 Å². The van der Waals surface area contributed by atoms with Gasteiger partial charge in [0, 0.05) is 13.1 Å². The molecule has 1 heterocycles.